The number of nitrogens with one attached hydrogen (secondary N) is 1. The van der Waals surface area contributed by atoms with Crippen molar-refractivity contribution in [2.75, 3.05) is 5.32 Å². The Hall–Kier alpha value is -1.48. The van der Waals surface area contributed by atoms with E-state index >= 15 is 0 Å². The fraction of sp³-hybridized carbons (Fsp3) is 0.286. The molecule has 0 radical (unpaired) electrons. The summed E-state index contributed by atoms with van der Waals surface area (Å²) < 4.78 is 6.12. The van der Waals surface area contributed by atoms with Gasteiger partial charge >= 0.3 is 0 Å². The van der Waals surface area contributed by atoms with Crippen LogP contribution < -0.4 is 10.1 Å². The first kappa shape index (κ1) is 10.7. The molecule has 2 heterocycles. The van der Waals surface area contributed by atoms with Crippen LogP contribution in [0.5, 0.6) is 5.75 Å². The average Bonchev–Trinajstić information content (AvgIpc) is 2.82. The van der Waals surface area contributed by atoms with E-state index in [2.05, 4.69) is 54.9 Å². The molecule has 0 fully saturated rings. The minimum absolute atomic E-state index is 0.115. The van der Waals surface area contributed by atoms with Crippen molar-refractivity contribution in [1.82, 2.24) is 0 Å². The van der Waals surface area contributed by atoms with Crippen molar-refractivity contribution in [3.05, 3.63) is 46.2 Å². The highest BCUT2D eigenvalue weighted by molar-refractivity contribution is 7.10. The molecule has 17 heavy (non-hydrogen) atoms. The van der Waals surface area contributed by atoms with E-state index in [9.17, 15) is 0 Å². The van der Waals surface area contributed by atoms with E-state index in [0.717, 1.165) is 11.4 Å². The Kier molecular flexibility index (Phi) is 2.56. The van der Waals surface area contributed by atoms with Crippen LogP contribution in [0.1, 0.15) is 23.5 Å². The molecule has 1 aliphatic rings. The first-order valence-corrected chi connectivity index (χ1v) is 6.69. The number of aryl methyl sites for hydroxylation is 1. The number of benzene rings is 1. The van der Waals surface area contributed by atoms with Crippen LogP contribution in [0.2, 0.25) is 0 Å². The van der Waals surface area contributed by atoms with E-state index < -0.39 is 0 Å². The monoisotopic (exact) mass is 245 g/mol. The largest absolute Gasteiger partial charge is 0.481 e. The summed E-state index contributed by atoms with van der Waals surface area (Å²) in [5.74, 6) is 0.960. The van der Waals surface area contributed by atoms with E-state index in [-0.39, 0.29) is 6.10 Å². The lowest BCUT2D eigenvalue weighted by Gasteiger charge is -2.32. The van der Waals surface area contributed by atoms with Crippen LogP contribution in [0.25, 0.3) is 0 Å². The summed E-state index contributed by atoms with van der Waals surface area (Å²) in [6.07, 6.45) is 0.115. The molecular formula is C14H15NOS. The molecule has 1 aromatic heterocycles. The molecule has 0 bridgehead atoms. The molecule has 1 N–H and O–H groups in total. The third-order valence-electron chi connectivity index (χ3n) is 3.05. The van der Waals surface area contributed by atoms with Gasteiger partial charge < -0.3 is 10.1 Å². The van der Waals surface area contributed by atoms with Crippen LogP contribution in [0.3, 0.4) is 0 Å². The Morgan fingerprint density at radius 1 is 1.29 bits per heavy atom. The fourth-order valence-electron chi connectivity index (χ4n) is 2.16. The maximum atomic E-state index is 6.12. The molecule has 2 aromatic rings. The predicted molar refractivity (Wildman–Crippen MR) is 72.0 cm³/mol. The standard InChI is InChI=1S/C14H15NOS/c1-9-5-6-11-12(8-9)16-14(10(2)15-11)13-4-3-7-17-13/h3-8,10,14-15H,1-2H3. The number of fused-ring (bicyclic) bond motifs is 1. The molecule has 0 spiro atoms. The van der Waals surface area contributed by atoms with Gasteiger partial charge in [-0.25, -0.2) is 0 Å². The van der Waals surface area contributed by atoms with Crippen LogP contribution in [-0.4, -0.2) is 6.04 Å². The molecular weight excluding hydrogens is 230 g/mol. The molecule has 0 saturated carbocycles. The smallest absolute Gasteiger partial charge is 0.153 e. The van der Waals surface area contributed by atoms with Gasteiger partial charge in [-0.1, -0.05) is 12.1 Å². The molecule has 2 nitrogen and oxygen atoms in total. The van der Waals surface area contributed by atoms with Gasteiger partial charge in [-0.3, -0.25) is 0 Å². The zero-order valence-electron chi connectivity index (χ0n) is 9.94. The third-order valence-corrected chi connectivity index (χ3v) is 3.99. The van der Waals surface area contributed by atoms with Crippen molar-refractivity contribution < 1.29 is 4.74 Å². The lowest BCUT2D eigenvalue weighted by Crippen LogP contribution is -2.32. The van der Waals surface area contributed by atoms with Gasteiger partial charge in [0, 0.05) is 4.88 Å². The van der Waals surface area contributed by atoms with Crippen molar-refractivity contribution in [1.29, 1.82) is 0 Å². The lowest BCUT2D eigenvalue weighted by molar-refractivity contribution is 0.181. The van der Waals surface area contributed by atoms with E-state index in [1.807, 2.05) is 0 Å². The summed E-state index contributed by atoms with van der Waals surface area (Å²) in [7, 11) is 0. The molecule has 3 rings (SSSR count). The Balaban J connectivity index is 1.96. The highest BCUT2D eigenvalue weighted by Crippen LogP contribution is 2.38. The molecule has 2 atom stereocenters. The zero-order chi connectivity index (χ0) is 11.8. The minimum Gasteiger partial charge on any atom is -0.481 e. The minimum atomic E-state index is 0.115. The maximum Gasteiger partial charge on any atom is 0.153 e. The van der Waals surface area contributed by atoms with Gasteiger partial charge in [0.05, 0.1) is 11.7 Å². The molecule has 2 unspecified atom stereocenters. The van der Waals surface area contributed by atoms with E-state index in [1.165, 1.54) is 10.4 Å². The summed E-state index contributed by atoms with van der Waals surface area (Å²) in [6.45, 7) is 4.25. The number of ether oxygens (including phenoxy) is 1. The van der Waals surface area contributed by atoms with Gasteiger partial charge in [0.25, 0.3) is 0 Å². The Bertz CT molecular complexity index is 521. The van der Waals surface area contributed by atoms with Gasteiger partial charge in [-0.2, -0.15) is 0 Å². The van der Waals surface area contributed by atoms with Crippen LogP contribution in [0.4, 0.5) is 5.69 Å². The molecule has 0 saturated heterocycles. The Labute approximate surface area is 105 Å². The van der Waals surface area contributed by atoms with Gasteiger partial charge in [-0.05, 0) is 43.0 Å². The number of rotatable bonds is 1. The van der Waals surface area contributed by atoms with Gasteiger partial charge in [0.2, 0.25) is 0 Å². The van der Waals surface area contributed by atoms with Gasteiger partial charge in [0.15, 0.2) is 6.10 Å². The van der Waals surface area contributed by atoms with Crippen LogP contribution in [-0.2, 0) is 0 Å². The Morgan fingerprint density at radius 3 is 2.94 bits per heavy atom. The SMILES string of the molecule is Cc1ccc2c(c1)OC(c1cccs1)C(C)N2. The zero-order valence-corrected chi connectivity index (χ0v) is 10.8. The first-order valence-electron chi connectivity index (χ1n) is 5.81. The molecule has 1 aliphatic heterocycles. The van der Waals surface area contributed by atoms with Crippen molar-refractivity contribution in [2.45, 2.75) is 26.0 Å². The van der Waals surface area contributed by atoms with Crippen molar-refractivity contribution in [3.63, 3.8) is 0 Å². The summed E-state index contributed by atoms with van der Waals surface area (Å²) in [5.41, 5.74) is 2.32. The number of hydrogen-bond acceptors (Lipinski definition) is 3. The predicted octanol–water partition coefficient (Wildman–Crippen LogP) is 3.99. The topological polar surface area (TPSA) is 21.3 Å². The molecule has 0 amide bonds. The van der Waals surface area contributed by atoms with Crippen LogP contribution in [0.15, 0.2) is 35.7 Å². The van der Waals surface area contributed by atoms with Crippen LogP contribution >= 0.6 is 11.3 Å². The molecule has 0 aliphatic carbocycles. The quantitative estimate of drug-likeness (QED) is 0.820. The fourth-order valence-corrected chi connectivity index (χ4v) is 3.02. The third kappa shape index (κ3) is 1.91. The van der Waals surface area contributed by atoms with Crippen LogP contribution in [0, 0.1) is 6.92 Å². The number of thiophene rings is 1. The number of hydrogen-bond donors (Lipinski definition) is 1. The summed E-state index contributed by atoms with van der Waals surface area (Å²) >= 11 is 1.75. The van der Waals surface area contributed by atoms with E-state index in [1.54, 1.807) is 11.3 Å². The Morgan fingerprint density at radius 2 is 2.18 bits per heavy atom. The maximum absolute atomic E-state index is 6.12. The summed E-state index contributed by atoms with van der Waals surface area (Å²) in [4.78, 5) is 1.28. The highest BCUT2D eigenvalue weighted by Gasteiger charge is 2.28. The van der Waals surface area contributed by atoms with Crippen molar-refractivity contribution in [3.8, 4) is 5.75 Å². The first-order chi connectivity index (χ1) is 8.24. The second-order valence-corrected chi connectivity index (χ2v) is 5.47. The molecule has 88 valence electrons. The van der Waals surface area contributed by atoms with Crippen molar-refractivity contribution in [2.24, 2.45) is 0 Å². The number of anilines is 1. The van der Waals surface area contributed by atoms with Crippen molar-refractivity contribution >= 4 is 17.0 Å². The molecule has 3 heteroatoms. The summed E-state index contributed by atoms with van der Waals surface area (Å²) in [5, 5.41) is 5.60. The normalized spacial score (nSPS) is 22.5. The van der Waals surface area contributed by atoms with Gasteiger partial charge in [-0.15, -0.1) is 11.3 Å². The van der Waals surface area contributed by atoms with E-state index in [4.69, 9.17) is 4.74 Å². The average molecular weight is 245 g/mol. The molecule has 1 aromatic carbocycles. The lowest BCUT2D eigenvalue weighted by atomic mass is 10.1. The van der Waals surface area contributed by atoms with E-state index in [0.29, 0.717) is 6.04 Å². The second-order valence-electron chi connectivity index (χ2n) is 4.49. The summed E-state index contributed by atoms with van der Waals surface area (Å²) in [6, 6.07) is 10.8. The second kappa shape index (κ2) is 4.08. The highest BCUT2D eigenvalue weighted by atomic mass is 32.1. The van der Waals surface area contributed by atoms with Gasteiger partial charge in [0.1, 0.15) is 5.75 Å².